The molecule has 1 saturated heterocycles. The fourth-order valence-electron chi connectivity index (χ4n) is 2.49. The van der Waals surface area contributed by atoms with Gasteiger partial charge in [0.25, 0.3) is 21.2 Å². The summed E-state index contributed by atoms with van der Waals surface area (Å²) in [7, 11) is -5.41. The fourth-order valence-corrected chi connectivity index (χ4v) is 4.48. The lowest BCUT2D eigenvalue weighted by atomic mass is 10.1. The Kier molecular flexibility index (Phi) is 9.69. The molecule has 1 aliphatic heterocycles. The van der Waals surface area contributed by atoms with E-state index in [9.17, 15) is 38.7 Å². The van der Waals surface area contributed by atoms with Gasteiger partial charge in [0.05, 0.1) is 27.7 Å². The quantitative estimate of drug-likeness (QED) is 0.186. The van der Waals surface area contributed by atoms with Crippen LogP contribution in [-0.2, 0) is 27.2 Å². The highest BCUT2D eigenvalue weighted by molar-refractivity contribution is 7.59. The number of aliphatic hydroxyl groups excluding tert-OH is 2. The Labute approximate surface area is 182 Å². The molecule has 0 amide bonds. The molecule has 2 rings (SSSR count). The lowest BCUT2D eigenvalue weighted by Crippen LogP contribution is -2.37. The molecule has 7 N–H and O–H groups in total. The van der Waals surface area contributed by atoms with Crippen LogP contribution in [0.1, 0.15) is 6.23 Å². The Morgan fingerprint density at radius 3 is 2.31 bits per heavy atom. The summed E-state index contributed by atoms with van der Waals surface area (Å²) in [6.45, 7) is -1.03. The zero-order valence-corrected chi connectivity index (χ0v) is 19.6. The van der Waals surface area contributed by atoms with Crippen molar-refractivity contribution in [1.29, 1.82) is 0 Å². The molecule has 32 heavy (non-hydrogen) atoms. The van der Waals surface area contributed by atoms with Crippen LogP contribution in [0.3, 0.4) is 0 Å². The maximum Gasteiger partial charge on any atom is 0.330 e. The van der Waals surface area contributed by atoms with E-state index in [1.165, 1.54) is 0 Å². The second-order valence-electron chi connectivity index (χ2n) is 7.68. The second kappa shape index (κ2) is 10.8. The minimum Gasteiger partial charge on any atom is -0.756 e. The standard InChI is InChI=1S/C14H25N3O12P2.H3N/c1-17(2,3)6-7-26-30(22,23)29-31(24,25)27-8-9-11(19)12(20)13(28-9)16-5-4-10(18)15-14(16)21;/h4-5,9,11-13,19-20H,6-8H2,1-3H3,(H2-,15,18,21,22,23,24,25);1H3/t9-,11+,12?,13-;/m1./s1. The Morgan fingerprint density at radius 2 is 1.75 bits per heavy atom. The van der Waals surface area contributed by atoms with Gasteiger partial charge in [0, 0.05) is 12.3 Å². The highest BCUT2D eigenvalue weighted by Crippen LogP contribution is 2.55. The molecule has 18 heteroatoms. The predicted molar refractivity (Wildman–Crippen MR) is 104 cm³/mol. The molecule has 0 saturated carbocycles. The van der Waals surface area contributed by atoms with E-state index in [1.807, 2.05) is 4.98 Å². The smallest absolute Gasteiger partial charge is 0.330 e. The van der Waals surface area contributed by atoms with Gasteiger partial charge in [-0.1, -0.05) is 0 Å². The van der Waals surface area contributed by atoms with Crippen molar-refractivity contribution in [2.24, 2.45) is 0 Å². The van der Waals surface area contributed by atoms with Gasteiger partial charge in [-0.15, -0.1) is 0 Å². The van der Waals surface area contributed by atoms with E-state index in [2.05, 4.69) is 13.4 Å². The molecule has 0 aliphatic carbocycles. The largest absolute Gasteiger partial charge is 0.756 e. The van der Waals surface area contributed by atoms with Gasteiger partial charge in [0.15, 0.2) is 6.23 Å². The molecule has 0 bridgehead atoms. The molecule has 1 aromatic heterocycles. The average Bonchev–Trinajstić information content (AvgIpc) is 2.86. The van der Waals surface area contributed by atoms with Crippen LogP contribution in [0.25, 0.3) is 0 Å². The van der Waals surface area contributed by atoms with E-state index in [0.717, 1.165) is 16.8 Å². The van der Waals surface area contributed by atoms with Crippen LogP contribution in [0.15, 0.2) is 21.9 Å². The molecule has 3 unspecified atom stereocenters. The van der Waals surface area contributed by atoms with Crippen LogP contribution >= 0.6 is 15.6 Å². The SMILES string of the molecule is C[N+](C)(C)CCOP(=O)([O-])OP(=O)([O-])OC[C@H]1O[C@@H](n2ccc(=O)[nH]c2=O)C(O)[C@H]1O.[NH4+]. The minimum atomic E-state index is -5.45. The van der Waals surface area contributed by atoms with Crippen molar-refractivity contribution in [3.05, 3.63) is 33.1 Å². The Morgan fingerprint density at radius 1 is 1.16 bits per heavy atom. The molecule has 0 aromatic carbocycles. The van der Waals surface area contributed by atoms with Crippen LogP contribution in [0.5, 0.6) is 0 Å². The average molecular weight is 506 g/mol. The van der Waals surface area contributed by atoms with Crippen LogP contribution < -0.4 is 27.2 Å². The predicted octanol–water partition coefficient (Wildman–Crippen LogP) is -2.78. The summed E-state index contributed by atoms with van der Waals surface area (Å²) in [6, 6.07) is 0.970. The van der Waals surface area contributed by atoms with Crippen molar-refractivity contribution in [3.8, 4) is 0 Å². The van der Waals surface area contributed by atoms with E-state index in [0.29, 0.717) is 4.48 Å². The number of aromatic nitrogens is 2. The summed E-state index contributed by atoms with van der Waals surface area (Å²) in [6.07, 6.45) is -5.33. The summed E-state index contributed by atoms with van der Waals surface area (Å²) in [4.78, 5) is 48.4. The van der Waals surface area contributed by atoms with Crippen LogP contribution in [0, 0.1) is 0 Å². The third kappa shape index (κ3) is 8.26. The first kappa shape index (κ1) is 28.8. The lowest BCUT2D eigenvalue weighted by Gasteiger charge is -2.32. The zero-order valence-electron chi connectivity index (χ0n) is 17.9. The van der Waals surface area contributed by atoms with E-state index in [-0.39, 0.29) is 19.3 Å². The van der Waals surface area contributed by atoms with Crippen molar-refractivity contribution in [1.82, 2.24) is 15.7 Å². The number of aliphatic hydroxyl groups is 2. The molecular weight excluding hydrogens is 478 g/mol. The minimum absolute atomic E-state index is 0. The summed E-state index contributed by atoms with van der Waals surface area (Å²) in [5.41, 5.74) is -1.65. The van der Waals surface area contributed by atoms with Crippen molar-refractivity contribution in [2.45, 2.75) is 24.5 Å². The van der Waals surface area contributed by atoms with E-state index < -0.39 is 58.0 Å². The third-order valence-corrected chi connectivity index (χ3v) is 6.64. The molecular formula is C14H28N4O12P2. The number of nitrogens with zero attached hydrogens (tertiary/aromatic N) is 2. The van der Waals surface area contributed by atoms with Gasteiger partial charge >= 0.3 is 5.69 Å². The topological polar surface area (TPSA) is 249 Å². The van der Waals surface area contributed by atoms with Crippen LogP contribution in [0.4, 0.5) is 0 Å². The van der Waals surface area contributed by atoms with Crippen molar-refractivity contribution in [3.63, 3.8) is 0 Å². The summed E-state index contributed by atoms with van der Waals surface area (Å²) in [5, 5.41) is 20.1. The van der Waals surface area contributed by atoms with Gasteiger partial charge in [0.2, 0.25) is 0 Å². The molecule has 1 aliphatic rings. The van der Waals surface area contributed by atoms with Gasteiger partial charge in [0.1, 0.15) is 31.5 Å². The number of quaternary nitrogens is 2. The number of nitrogens with one attached hydrogen (secondary N) is 1. The number of likely N-dealkylation sites (N-methyl/N-ethyl adjacent to an activating group) is 1. The first-order valence-corrected chi connectivity index (χ1v) is 11.8. The first-order chi connectivity index (χ1) is 14.1. The molecule has 0 spiro atoms. The van der Waals surface area contributed by atoms with Crippen LogP contribution in [0.2, 0.25) is 0 Å². The van der Waals surface area contributed by atoms with Gasteiger partial charge in [-0.2, -0.15) is 0 Å². The van der Waals surface area contributed by atoms with E-state index in [1.54, 1.807) is 21.1 Å². The van der Waals surface area contributed by atoms with Gasteiger partial charge in [-0.25, -0.2) is 9.11 Å². The molecule has 0 radical (unpaired) electrons. The number of aromatic amines is 1. The summed E-state index contributed by atoms with van der Waals surface area (Å²) in [5.74, 6) is 0. The Hall–Kier alpha value is -1.26. The molecule has 1 aromatic rings. The lowest BCUT2D eigenvalue weighted by molar-refractivity contribution is -0.870. The maximum absolute atomic E-state index is 11.8. The Balaban J connectivity index is 0.00000512. The third-order valence-electron chi connectivity index (χ3n) is 4.07. The zero-order chi connectivity index (χ0) is 23.6. The first-order valence-electron chi connectivity index (χ1n) is 8.86. The number of ether oxygens (including phenoxy) is 1. The molecule has 6 atom stereocenters. The number of rotatable bonds is 10. The van der Waals surface area contributed by atoms with Crippen molar-refractivity contribution < 1.29 is 51.7 Å². The Bertz CT molecular complexity index is 975. The maximum atomic E-state index is 11.8. The number of phosphoric ester groups is 2. The van der Waals surface area contributed by atoms with Crippen LogP contribution in [-0.4, -0.2) is 83.5 Å². The van der Waals surface area contributed by atoms with E-state index >= 15 is 0 Å². The summed E-state index contributed by atoms with van der Waals surface area (Å²) < 4.78 is 42.7. The van der Waals surface area contributed by atoms with Gasteiger partial charge in [-0.3, -0.25) is 23.5 Å². The molecule has 2 heterocycles. The van der Waals surface area contributed by atoms with Crippen molar-refractivity contribution in [2.75, 3.05) is 40.9 Å². The monoisotopic (exact) mass is 506 g/mol. The summed E-state index contributed by atoms with van der Waals surface area (Å²) >= 11 is 0. The number of H-pyrrole nitrogens is 1. The molecule has 1 fully saturated rings. The van der Waals surface area contributed by atoms with E-state index in [4.69, 9.17) is 4.74 Å². The highest BCUT2D eigenvalue weighted by Gasteiger charge is 2.44. The number of hydrogen-bond donors (Lipinski definition) is 4. The van der Waals surface area contributed by atoms with Gasteiger partial charge < -0.3 is 44.4 Å². The number of hydrogen-bond acceptors (Lipinski definition) is 12. The molecule has 16 nitrogen and oxygen atoms in total. The number of phosphoric acid groups is 2. The van der Waals surface area contributed by atoms with Gasteiger partial charge in [-0.05, 0) is 0 Å². The second-order valence-corrected chi connectivity index (χ2v) is 10.6. The normalized spacial score (nSPS) is 27.3. The highest BCUT2D eigenvalue weighted by atomic mass is 31.3. The van der Waals surface area contributed by atoms with Crippen molar-refractivity contribution >= 4 is 15.6 Å². The fraction of sp³-hybridized carbons (Fsp3) is 0.714. The molecule has 186 valence electrons.